The van der Waals surface area contributed by atoms with Gasteiger partial charge in [0.15, 0.2) is 0 Å². The van der Waals surface area contributed by atoms with E-state index in [-0.39, 0.29) is 17.6 Å². The van der Waals surface area contributed by atoms with E-state index in [1.54, 1.807) is 4.68 Å². The SMILES string of the molecule is CCOC(C(N)Cc1ccn(C)n1)C(C)(C)C. The molecule has 98 valence electrons. The zero-order valence-corrected chi connectivity index (χ0v) is 11.6. The fourth-order valence-corrected chi connectivity index (χ4v) is 2.12. The quantitative estimate of drug-likeness (QED) is 0.851. The summed E-state index contributed by atoms with van der Waals surface area (Å²) in [6.07, 6.45) is 2.74. The highest BCUT2D eigenvalue weighted by molar-refractivity contribution is 5.03. The zero-order chi connectivity index (χ0) is 13.1. The third kappa shape index (κ3) is 4.13. The van der Waals surface area contributed by atoms with Gasteiger partial charge in [-0.1, -0.05) is 20.8 Å². The van der Waals surface area contributed by atoms with Crippen molar-refractivity contribution in [3.05, 3.63) is 18.0 Å². The van der Waals surface area contributed by atoms with E-state index >= 15 is 0 Å². The van der Waals surface area contributed by atoms with Crippen LogP contribution in [-0.2, 0) is 18.2 Å². The minimum atomic E-state index is -0.0233. The van der Waals surface area contributed by atoms with E-state index in [0.29, 0.717) is 6.61 Å². The van der Waals surface area contributed by atoms with Crippen LogP contribution in [0, 0.1) is 5.41 Å². The Bertz CT molecular complexity index is 341. The van der Waals surface area contributed by atoms with Crippen molar-refractivity contribution >= 4 is 0 Å². The van der Waals surface area contributed by atoms with E-state index < -0.39 is 0 Å². The Morgan fingerprint density at radius 1 is 1.47 bits per heavy atom. The number of aromatic nitrogens is 2. The predicted octanol–water partition coefficient (Wildman–Crippen LogP) is 1.74. The molecule has 0 fully saturated rings. The number of hydrogen-bond donors (Lipinski definition) is 1. The number of rotatable bonds is 5. The minimum absolute atomic E-state index is 0.0233. The highest BCUT2D eigenvalue weighted by atomic mass is 16.5. The van der Waals surface area contributed by atoms with Crippen molar-refractivity contribution in [1.29, 1.82) is 0 Å². The minimum Gasteiger partial charge on any atom is -0.376 e. The fourth-order valence-electron chi connectivity index (χ4n) is 2.12. The third-order valence-electron chi connectivity index (χ3n) is 2.80. The number of nitrogens with two attached hydrogens (primary N) is 1. The van der Waals surface area contributed by atoms with E-state index in [9.17, 15) is 0 Å². The molecule has 0 aliphatic carbocycles. The molecular formula is C13H25N3O. The average Bonchev–Trinajstić information content (AvgIpc) is 2.58. The highest BCUT2D eigenvalue weighted by Gasteiger charge is 2.31. The smallest absolute Gasteiger partial charge is 0.0777 e. The first-order valence-corrected chi connectivity index (χ1v) is 6.20. The van der Waals surface area contributed by atoms with Gasteiger partial charge in [-0.05, 0) is 18.4 Å². The van der Waals surface area contributed by atoms with E-state index in [1.807, 2.05) is 26.2 Å². The Morgan fingerprint density at radius 2 is 2.12 bits per heavy atom. The van der Waals surface area contributed by atoms with Gasteiger partial charge in [0.1, 0.15) is 0 Å². The van der Waals surface area contributed by atoms with E-state index in [4.69, 9.17) is 10.5 Å². The molecule has 0 amide bonds. The molecule has 0 aromatic carbocycles. The molecular weight excluding hydrogens is 214 g/mol. The van der Waals surface area contributed by atoms with Crippen molar-refractivity contribution in [3.63, 3.8) is 0 Å². The van der Waals surface area contributed by atoms with E-state index in [0.717, 1.165) is 12.1 Å². The van der Waals surface area contributed by atoms with Gasteiger partial charge in [0.05, 0.1) is 11.8 Å². The molecule has 0 saturated carbocycles. The maximum atomic E-state index is 6.26. The van der Waals surface area contributed by atoms with Gasteiger partial charge in [-0.3, -0.25) is 4.68 Å². The van der Waals surface area contributed by atoms with Crippen LogP contribution in [0.1, 0.15) is 33.4 Å². The van der Waals surface area contributed by atoms with Gasteiger partial charge in [0.25, 0.3) is 0 Å². The first kappa shape index (κ1) is 14.2. The van der Waals surface area contributed by atoms with Crippen LogP contribution in [0.3, 0.4) is 0 Å². The van der Waals surface area contributed by atoms with Gasteiger partial charge in [-0.2, -0.15) is 5.10 Å². The molecule has 0 radical (unpaired) electrons. The second-order valence-electron chi connectivity index (χ2n) is 5.59. The summed E-state index contributed by atoms with van der Waals surface area (Å²) in [5.74, 6) is 0. The molecule has 0 saturated heterocycles. The lowest BCUT2D eigenvalue weighted by Crippen LogP contribution is -2.46. The van der Waals surface area contributed by atoms with Crippen LogP contribution < -0.4 is 5.73 Å². The van der Waals surface area contributed by atoms with Gasteiger partial charge in [0.2, 0.25) is 0 Å². The van der Waals surface area contributed by atoms with Crippen LogP contribution in [0.4, 0.5) is 0 Å². The number of hydrogen-bond acceptors (Lipinski definition) is 3. The van der Waals surface area contributed by atoms with Crippen LogP contribution in [0.5, 0.6) is 0 Å². The van der Waals surface area contributed by atoms with Gasteiger partial charge in [0, 0.05) is 32.3 Å². The summed E-state index contributed by atoms with van der Waals surface area (Å²) >= 11 is 0. The summed E-state index contributed by atoms with van der Waals surface area (Å²) in [5, 5.41) is 4.36. The lowest BCUT2D eigenvalue weighted by Gasteiger charge is -2.34. The summed E-state index contributed by atoms with van der Waals surface area (Å²) in [4.78, 5) is 0. The third-order valence-corrected chi connectivity index (χ3v) is 2.80. The van der Waals surface area contributed by atoms with Crippen LogP contribution in [0.25, 0.3) is 0 Å². The molecule has 1 aromatic rings. The number of aryl methyl sites for hydroxylation is 1. The Kier molecular flexibility index (Phi) is 4.71. The van der Waals surface area contributed by atoms with Crippen LogP contribution in [0.2, 0.25) is 0 Å². The van der Waals surface area contributed by atoms with Crippen molar-refractivity contribution in [2.75, 3.05) is 6.61 Å². The van der Waals surface area contributed by atoms with E-state index in [1.165, 1.54) is 0 Å². The molecule has 1 rings (SSSR count). The molecule has 2 N–H and O–H groups in total. The largest absolute Gasteiger partial charge is 0.376 e. The maximum Gasteiger partial charge on any atom is 0.0777 e. The van der Waals surface area contributed by atoms with Crippen LogP contribution in [0.15, 0.2) is 12.3 Å². The lowest BCUT2D eigenvalue weighted by atomic mass is 9.83. The van der Waals surface area contributed by atoms with Crippen LogP contribution >= 0.6 is 0 Å². The summed E-state index contributed by atoms with van der Waals surface area (Å²) < 4.78 is 7.59. The second-order valence-corrected chi connectivity index (χ2v) is 5.59. The summed E-state index contributed by atoms with van der Waals surface area (Å²) in [6, 6.07) is 1.98. The molecule has 2 atom stereocenters. The lowest BCUT2D eigenvalue weighted by molar-refractivity contribution is -0.0276. The summed E-state index contributed by atoms with van der Waals surface area (Å²) in [6.45, 7) is 9.17. The Labute approximate surface area is 104 Å². The van der Waals surface area contributed by atoms with E-state index in [2.05, 4.69) is 25.9 Å². The van der Waals surface area contributed by atoms with Crippen molar-refractivity contribution < 1.29 is 4.74 Å². The van der Waals surface area contributed by atoms with Crippen molar-refractivity contribution in [3.8, 4) is 0 Å². The molecule has 17 heavy (non-hydrogen) atoms. The standard InChI is InChI=1S/C13H25N3O/c1-6-17-12(13(2,3)4)11(14)9-10-7-8-16(5)15-10/h7-8,11-12H,6,9,14H2,1-5H3. The Balaban J connectivity index is 2.68. The Hall–Kier alpha value is -0.870. The molecule has 2 unspecified atom stereocenters. The van der Waals surface area contributed by atoms with Crippen molar-refractivity contribution in [2.24, 2.45) is 18.2 Å². The maximum absolute atomic E-state index is 6.26. The predicted molar refractivity (Wildman–Crippen MR) is 69.8 cm³/mol. The molecule has 1 heterocycles. The normalized spacial score (nSPS) is 15.9. The van der Waals surface area contributed by atoms with Crippen molar-refractivity contribution in [1.82, 2.24) is 9.78 Å². The average molecular weight is 239 g/mol. The molecule has 4 heteroatoms. The van der Waals surface area contributed by atoms with Gasteiger partial charge in [-0.25, -0.2) is 0 Å². The number of nitrogens with zero attached hydrogens (tertiary/aromatic N) is 2. The topological polar surface area (TPSA) is 53.1 Å². The van der Waals surface area contributed by atoms with Gasteiger partial charge >= 0.3 is 0 Å². The second kappa shape index (κ2) is 5.65. The number of ether oxygens (including phenoxy) is 1. The molecule has 4 nitrogen and oxygen atoms in total. The molecule has 0 aliphatic heterocycles. The molecule has 0 bridgehead atoms. The van der Waals surface area contributed by atoms with Gasteiger partial charge in [-0.15, -0.1) is 0 Å². The Morgan fingerprint density at radius 3 is 2.53 bits per heavy atom. The first-order chi connectivity index (χ1) is 7.84. The fraction of sp³-hybridized carbons (Fsp3) is 0.769. The summed E-state index contributed by atoms with van der Waals surface area (Å²) in [7, 11) is 1.92. The van der Waals surface area contributed by atoms with Crippen LogP contribution in [-0.4, -0.2) is 28.5 Å². The highest BCUT2D eigenvalue weighted by Crippen LogP contribution is 2.25. The van der Waals surface area contributed by atoms with Crippen molar-refractivity contribution in [2.45, 2.75) is 46.3 Å². The monoisotopic (exact) mass is 239 g/mol. The van der Waals surface area contributed by atoms with Gasteiger partial charge < -0.3 is 10.5 Å². The zero-order valence-electron chi connectivity index (χ0n) is 11.6. The summed E-state index contributed by atoms with van der Waals surface area (Å²) in [5.41, 5.74) is 7.33. The molecule has 0 aliphatic rings. The first-order valence-electron chi connectivity index (χ1n) is 6.20. The molecule has 1 aromatic heterocycles. The molecule has 0 spiro atoms.